The molecular weight excluding hydrogens is 280 g/mol. The number of benzene rings is 1. The fourth-order valence-corrected chi connectivity index (χ4v) is 2.49. The van der Waals surface area contributed by atoms with Crippen LogP contribution in [0.15, 0.2) is 24.3 Å². The Morgan fingerprint density at radius 2 is 2.40 bits per heavy atom. The quantitative estimate of drug-likeness (QED) is 0.843. The third kappa shape index (κ3) is 3.42. The van der Waals surface area contributed by atoms with Crippen molar-refractivity contribution in [2.45, 2.75) is 32.0 Å². The second kappa shape index (κ2) is 6.61. The zero-order chi connectivity index (χ0) is 14.5. The van der Waals surface area contributed by atoms with E-state index in [1.54, 1.807) is 36.1 Å². The molecule has 1 fully saturated rings. The Morgan fingerprint density at radius 3 is 3.10 bits per heavy atom. The Balaban J connectivity index is 1.99. The zero-order valence-corrected chi connectivity index (χ0v) is 12.0. The molecule has 2 rings (SSSR count). The lowest BCUT2D eigenvalue weighted by Crippen LogP contribution is -2.48. The molecular formula is C14H17ClN2O3. The number of likely N-dealkylation sites (tertiary alicyclic amines) is 1. The average Bonchev–Trinajstić information content (AvgIpc) is 2.86. The highest BCUT2D eigenvalue weighted by Gasteiger charge is 2.31. The van der Waals surface area contributed by atoms with Gasteiger partial charge < -0.3 is 15.0 Å². The molecule has 0 spiro atoms. The molecule has 1 saturated heterocycles. The predicted molar refractivity (Wildman–Crippen MR) is 75.5 cm³/mol. The summed E-state index contributed by atoms with van der Waals surface area (Å²) in [5.74, 6) is 0.416. The summed E-state index contributed by atoms with van der Waals surface area (Å²) in [4.78, 5) is 24.5. The van der Waals surface area contributed by atoms with Crippen LogP contribution in [0.4, 0.5) is 0 Å². The summed E-state index contributed by atoms with van der Waals surface area (Å²) in [5.41, 5.74) is 0. The number of carbonyl (C=O) groups is 2. The maximum Gasteiger partial charge on any atom is 0.264 e. The van der Waals surface area contributed by atoms with Crippen LogP contribution in [0.5, 0.6) is 5.75 Å². The number of rotatable bonds is 5. The van der Waals surface area contributed by atoms with E-state index in [1.807, 2.05) is 0 Å². The third-order valence-electron chi connectivity index (χ3n) is 3.25. The van der Waals surface area contributed by atoms with E-state index in [-0.39, 0.29) is 12.1 Å². The summed E-state index contributed by atoms with van der Waals surface area (Å²) in [6.45, 7) is 2.33. The van der Waals surface area contributed by atoms with Gasteiger partial charge in [0.05, 0.1) is 0 Å². The first-order chi connectivity index (χ1) is 9.61. The molecule has 1 aromatic carbocycles. The standard InChI is InChI=1S/C14H17ClN2O3/c1-10(20-12-5-2-4-11(15)8-12)14(19)17-7-3-6-13(17)16-9-18/h2,4-5,8-10,13H,3,6-7H2,1H3,(H,16,18). The normalized spacial score (nSPS) is 19.5. The predicted octanol–water partition coefficient (Wildman–Crippen LogP) is 1.80. The van der Waals surface area contributed by atoms with Crippen molar-refractivity contribution in [3.05, 3.63) is 29.3 Å². The van der Waals surface area contributed by atoms with Gasteiger partial charge >= 0.3 is 0 Å². The summed E-state index contributed by atoms with van der Waals surface area (Å²) in [7, 11) is 0. The first-order valence-electron chi connectivity index (χ1n) is 6.54. The minimum atomic E-state index is -0.623. The van der Waals surface area contributed by atoms with E-state index in [9.17, 15) is 9.59 Å². The van der Waals surface area contributed by atoms with Gasteiger partial charge in [-0.15, -0.1) is 0 Å². The van der Waals surface area contributed by atoms with E-state index in [4.69, 9.17) is 16.3 Å². The van der Waals surface area contributed by atoms with Crippen LogP contribution in [0.3, 0.4) is 0 Å². The Kier molecular flexibility index (Phi) is 4.84. The van der Waals surface area contributed by atoms with E-state index in [1.165, 1.54) is 0 Å². The van der Waals surface area contributed by atoms with Crippen LogP contribution in [-0.2, 0) is 9.59 Å². The number of halogens is 1. The van der Waals surface area contributed by atoms with E-state index in [0.29, 0.717) is 23.7 Å². The molecule has 1 aromatic rings. The van der Waals surface area contributed by atoms with Crippen LogP contribution >= 0.6 is 11.6 Å². The molecule has 5 nitrogen and oxygen atoms in total. The molecule has 0 radical (unpaired) electrons. The summed E-state index contributed by atoms with van der Waals surface area (Å²) < 4.78 is 5.60. The Hall–Kier alpha value is -1.75. The molecule has 6 heteroatoms. The molecule has 20 heavy (non-hydrogen) atoms. The lowest BCUT2D eigenvalue weighted by Gasteiger charge is -2.27. The molecule has 1 aliphatic heterocycles. The average molecular weight is 297 g/mol. The number of nitrogens with zero attached hydrogens (tertiary/aromatic N) is 1. The summed E-state index contributed by atoms with van der Waals surface area (Å²) in [6.07, 6.45) is 1.42. The Bertz CT molecular complexity index is 495. The van der Waals surface area contributed by atoms with E-state index in [0.717, 1.165) is 12.8 Å². The van der Waals surface area contributed by atoms with E-state index in [2.05, 4.69) is 5.32 Å². The Morgan fingerprint density at radius 1 is 1.60 bits per heavy atom. The largest absolute Gasteiger partial charge is 0.481 e. The summed E-state index contributed by atoms with van der Waals surface area (Å²) in [6, 6.07) is 6.92. The van der Waals surface area contributed by atoms with Gasteiger partial charge in [0.25, 0.3) is 5.91 Å². The van der Waals surface area contributed by atoms with Crippen LogP contribution in [-0.4, -0.2) is 36.0 Å². The first kappa shape index (κ1) is 14.7. The second-order valence-corrected chi connectivity index (χ2v) is 5.13. The van der Waals surface area contributed by atoms with Gasteiger partial charge in [0.1, 0.15) is 11.9 Å². The van der Waals surface area contributed by atoms with Gasteiger partial charge in [0.2, 0.25) is 6.41 Å². The van der Waals surface area contributed by atoms with Crippen molar-refractivity contribution in [1.82, 2.24) is 10.2 Å². The molecule has 2 amide bonds. The number of ether oxygens (including phenoxy) is 1. The van der Waals surface area contributed by atoms with Crippen LogP contribution in [0.2, 0.25) is 5.02 Å². The third-order valence-corrected chi connectivity index (χ3v) is 3.49. The van der Waals surface area contributed by atoms with Gasteiger partial charge in [0, 0.05) is 11.6 Å². The van der Waals surface area contributed by atoms with Crippen molar-refractivity contribution in [2.24, 2.45) is 0 Å². The minimum absolute atomic E-state index is 0.137. The lowest BCUT2D eigenvalue weighted by molar-refractivity contribution is -0.139. The fourth-order valence-electron chi connectivity index (χ4n) is 2.31. The number of hydrogen-bond donors (Lipinski definition) is 1. The number of amides is 2. The molecule has 1 N–H and O–H groups in total. The summed E-state index contributed by atoms with van der Waals surface area (Å²) in [5, 5.41) is 3.21. The van der Waals surface area contributed by atoms with E-state index >= 15 is 0 Å². The van der Waals surface area contributed by atoms with Crippen molar-refractivity contribution >= 4 is 23.9 Å². The van der Waals surface area contributed by atoms with Crippen LogP contribution < -0.4 is 10.1 Å². The minimum Gasteiger partial charge on any atom is -0.481 e. The highest BCUT2D eigenvalue weighted by atomic mass is 35.5. The molecule has 0 aliphatic carbocycles. The number of nitrogens with one attached hydrogen (secondary N) is 1. The van der Waals surface area contributed by atoms with Crippen molar-refractivity contribution in [1.29, 1.82) is 0 Å². The monoisotopic (exact) mass is 296 g/mol. The van der Waals surface area contributed by atoms with Crippen molar-refractivity contribution < 1.29 is 14.3 Å². The molecule has 2 atom stereocenters. The highest BCUT2D eigenvalue weighted by molar-refractivity contribution is 6.30. The van der Waals surface area contributed by atoms with Crippen LogP contribution in [0.25, 0.3) is 0 Å². The molecule has 2 unspecified atom stereocenters. The summed E-state index contributed by atoms with van der Waals surface area (Å²) >= 11 is 5.88. The molecule has 0 bridgehead atoms. The Labute approximate surface area is 122 Å². The highest BCUT2D eigenvalue weighted by Crippen LogP contribution is 2.21. The molecule has 1 aliphatic rings. The second-order valence-electron chi connectivity index (χ2n) is 4.69. The number of carbonyl (C=O) groups excluding carboxylic acids is 2. The zero-order valence-electron chi connectivity index (χ0n) is 11.2. The van der Waals surface area contributed by atoms with Crippen molar-refractivity contribution in [3.8, 4) is 5.75 Å². The van der Waals surface area contributed by atoms with Gasteiger partial charge in [-0.25, -0.2) is 0 Å². The van der Waals surface area contributed by atoms with Crippen LogP contribution in [0.1, 0.15) is 19.8 Å². The number of hydrogen-bond acceptors (Lipinski definition) is 3. The molecule has 1 heterocycles. The van der Waals surface area contributed by atoms with Gasteiger partial charge in [-0.2, -0.15) is 0 Å². The van der Waals surface area contributed by atoms with Gasteiger partial charge in [-0.05, 0) is 38.0 Å². The SMILES string of the molecule is CC(Oc1cccc(Cl)c1)C(=O)N1CCCC1NC=O. The van der Waals surface area contributed by atoms with Gasteiger partial charge in [-0.1, -0.05) is 17.7 Å². The van der Waals surface area contributed by atoms with Crippen LogP contribution in [0, 0.1) is 0 Å². The van der Waals surface area contributed by atoms with E-state index < -0.39 is 6.10 Å². The fraction of sp³-hybridized carbons (Fsp3) is 0.429. The first-order valence-corrected chi connectivity index (χ1v) is 6.92. The smallest absolute Gasteiger partial charge is 0.264 e. The van der Waals surface area contributed by atoms with Crippen molar-refractivity contribution in [2.75, 3.05) is 6.54 Å². The molecule has 108 valence electrons. The van der Waals surface area contributed by atoms with Gasteiger partial charge in [0.15, 0.2) is 6.10 Å². The maximum absolute atomic E-state index is 12.3. The van der Waals surface area contributed by atoms with Crippen molar-refractivity contribution in [3.63, 3.8) is 0 Å². The lowest BCUT2D eigenvalue weighted by atomic mass is 10.3. The topological polar surface area (TPSA) is 58.6 Å². The molecule has 0 saturated carbocycles. The van der Waals surface area contributed by atoms with Gasteiger partial charge in [-0.3, -0.25) is 9.59 Å². The molecule has 0 aromatic heterocycles. The maximum atomic E-state index is 12.3.